The highest BCUT2D eigenvalue weighted by atomic mass is 16.7. The minimum atomic E-state index is -1.41. The average Bonchev–Trinajstić information content (AvgIpc) is 2.97. The molecule has 0 saturated carbocycles. The minimum absolute atomic E-state index is 0.00353. The smallest absolute Gasteiger partial charge is 0.504 e. The zero-order valence-corrected chi connectivity index (χ0v) is 27.2. The number of carbonyl (C=O) groups is 1. The third-order valence-corrected chi connectivity index (χ3v) is 8.02. The van der Waals surface area contributed by atoms with Crippen molar-refractivity contribution < 1.29 is 29.2 Å². The number of phenolic OH excluding ortho intramolecular Hbond substituents is 1. The summed E-state index contributed by atoms with van der Waals surface area (Å²) >= 11 is 0. The maximum absolute atomic E-state index is 10.8. The van der Waals surface area contributed by atoms with Crippen molar-refractivity contribution in [2.24, 2.45) is 0 Å². The molecule has 244 valence electrons. The lowest BCUT2D eigenvalue weighted by Crippen LogP contribution is -2.19. The van der Waals surface area contributed by atoms with Gasteiger partial charge in [0.25, 0.3) is 0 Å². The number of hydrogen-bond donors (Lipinski definition) is 2. The van der Waals surface area contributed by atoms with Crippen molar-refractivity contribution in [1.82, 2.24) is 0 Å². The number of hydrogen-bond acceptors (Lipinski definition) is 5. The number of phenols is 1. The first kappa shape index (κ1) is 38.2. The fourth-order valence-corrected chi connectivity index (χ4v) is 5.40. The largest absolute Gasteiger partial charge is 0.511 e. The molecule has 1 rings (SSSR count). The Morgan fingerprint density at radius 2 is 1.10 bits per heavy atom. The fourth-order valence-electron chi connectivity index (χ4n) is 5.40. The molecule has 0 fully saturated rings. The molecule has 0 unspecified atom stereocenters. The van der Waals surface area contributed by atoms with Crippen molar-refractivity contribution in [2.45, 2.75) is 174 Å². The van der Waals surface area contributed by atoms with Gasteiger partial charge < -0.3 is 24.4 Å². The summed E-state index contributed by atoms with van der Waals surface area (Å²) in [5.41, 5.74) is 0.735. The molecule has 0 aliphatic carbocycles. The van der Waals surface area contributed by atoms with Gasteiger partial charge in [0, 0.05) is 13.2 Å². The highest BCUT2D eigenvalue weighted by molar-refractivity contribution is 5.63. The van der Waals surface area contributed by atoms with Crippen LogP contribution in [-0.2, 0) is 15.9 Å². The first-order valence-corrected chi connectivity index (χ1v) is 17.5. The van der Waals surface area contributed by atoms with Crippen LogP contribution in [0.5, 0.6) is 11.5 Å². The summed E-state index contributed by atoms with van der Waals surface area (Å²) in [7, 11) is 0. The molecule has 0 radical (unpaired) electrons. The van der Waals surface area contributed by atoms with Crippen LogP contribution in [0.2, 0.25) is 0 Å². The Hall–Kier alpha value is -1.79. The fraction of sp³-hybridized carbons (Fsp3) is 0.806. The number of aryl methyl sites for hydroxylation is 1. The zero-order valence-electron chi connectivity index (χ0n) is 27.2. The van der Waals surface area contributed by atoms with E-state index in [-0.39, 0.29) is 17.8 Å². The Balaban J connectivity index is 2.21. The highest BCUT2D eigenvalue weighted by Gasteiger charge is 2.12. The van der Waals surface area contributed by atoms with Crippen LogP contribution in [-0.4, -0.2) is 35.9 Å². The molecule has 1 aromatic rings. The van der Waals surface area contributed by atoms with E-state index in [1.807, 2.05) is 6.07 Å². The monoisotopic (exact) mass is 592 g/mol. The summed E-state index contributed by atoms with van der Waals surface area (Å²) in [4.78, 5) is 10.8. The molecule has 1 aromatic carbocycles. The summed E-state index contributed by atoms with van der Waals surface area (Å²) in [6.45, 7) is 6.15. The second-order valence-electron chi connectivity index (χ2n) is 11.9. The van der Waals surface area contributed by atoms with Crippen LogP contribution in [0.3, 0.4) is 0 Å². The lowest BCUT2D eigenvalue weighted by atomic mass is 10.0. The van der Waals surface area contributed by atoms with Gasteiger partial charge in [-0.25, -0.2) is 4.79 Å². The van der Waals surface area contributed by atoms with E-state index in [0.29, 0.717) is 6.42 Å². The lowest BCUT2D eigenvalue weighted by Gasteiger charge is -2.19. The van der Waals surface area contributed by atoms with Crippen LogP contribution in [0.25, 0.3) is 0 Å². The third-order valence-electron chi connectivity index (χ3n) is 8.02. The Morgan fingerprint density at radius 3 is 1.60 bits per heavy atom. The summed E-state index contributed by atoms with van der Waals surface area (Å²) in [6.07, 6.45) is 27.8. The molecule has 0 atom stereocenters. The van der Waals surface area contributed by atoms with Crippen molar-refractivity contribution in [2.75, 3.05) is 13.2 Å². The molecule has 0 heterocycles. The molecule has 0 aliphatic rings. The molecule has 42 heavy (non-hydrogen) atoms. The molecule has 6 heteroatoms. The van der Waals surface area contributed by atoms with Gasteiger partial charge in [-0.05, 0) is 50.2 Å². The van der Waals surface area contributed by atoms with E-state index in [9.17, 15) is 9.90 Å². The lowest BCUT2D eigenvalue weighted by molar-refractivity contribution is -0.148. The molecule has 6 nitrogen and oxygen atoms in total. The van der Waals surface area contributed by atoms with Crippen molar-refractivity contribution in [1.29, 1.82) is 0 Å². The summed E-state index contributed by atoms with van der Waals surface area (Å²) < 4.78 is 17.0. The minimum Gasteiger partial charge on any atom is -0.504 e. The van der Waals surface area contributed by atoms with E-state index in [1.54, 1.807) is 6.07 Å². The van der Waals surface area contributed by atoms with Crippen molar-refractivity contribution in [3.8, 4) is 11.5 Å². The first-order chi connectivity index (χ1) is 20.6. The second kappa shape index (κ2) is 28.0. The molecule has 0 saturated heterocycles. The van der Waals surface area contributed by atoms with Gasteiger partial charge in [-0.3, -0.25) is 0 Å². The van der Waals surface area contributed by atoms with E-state index in [1.165, 1.54) is 109 Å². The summed E-state index contributed by atoms with van der Waals surface area (Å²) in [6, 6.07) is 5.02. The van der Waals surface area contributed by atoms with E-state index in [2.05, 4.69) is 18.6 Å². The topological polar surface area (TPSA) is 85.2 Å². The third kappa shape index (κ3) is 21.8. The van der Waals surface area contributed by atoms with E-state index >= 15 is 0 Å². The van der Waals surface area contributed by atoms with E-state index < -0.39 is 6.16 Å². The maximum atomic E-state index is 10.8. The number of carboxylic acid groups (broad SMARTS) is 1. The molecular formula is C36H64O6. The molecular weight excluding hydrogens is 528 g/mol. The summed E-state index contributed by atoms with van der Waals surface area (Å²) in [5, 5.41) is 19.0. The van der Waals surface area contributed by atoms with E-state index in [0.717, 1.165) is 63.7 Å². The van der Waals surface area contributed by atoms with Gasteiger partial charge in [-0.2, -0.15) is 0 Å². The standard InChI is InChI=1S/C36H64O6/c1-3-5-7-9-11-15-19-23-30-40-34(41-31-24-20-16-12-10-8-6-4-2)29-22-18-14-13-17-21-26-32-27-25-28-33(35(32)37)42-36(38)39/h25,27-28,34,37H,3-24,26,29-31H2,1-2H3,(H,38,39). The van der Waals surface area contributed by atoms with Gasteiger partial charge in [-0.15, -0.1) is 0 Å². The molecule has 0 amide bonds. The number of unbranched alkanes of at least 4 members (excludes halogenated alkanes) is 19. The second-order valence-corrected chi connectivity index (χ2v) is 11.9. The van der Waals surface area contributed by atoms with Gasteiger partial charge in [0.05, 0.1) is 0 Å². The number of para-hydroxylation sites is 1. The predicted octanol–water partition coefficient (Wildman–Crippen LogP) is 11.4. The Bertz CT molecular complexity index is 730. The zero-order chi connectivity index (χ0) is 30.5. The van der Waals surface area contributed by atoms with Crippen molar-refractivity contribution >= 4 is 6.16 Å². The quantitative estimate of drug-likeness (QED) is 0.0400. The molecule has 0 bridgehead atoms. The molecule has 0 aliphatic heterocycles. The van der Waals surface area contributed by atoms with Gasteiger partial charge in [0.1, 0.15) is 0 Å². The number of aromatic hydroxyl groups is 1. The molecule has 2 N–H and O–H groups in total. The van der Waals surface area contributed by atoms with Crippen LogP contribution in [0.4, 0.5) is 4.79 Å². The van der Waals surface area contributed by atoms with Crippen LogP contribution in [0.15, 0.2) is 18.2 Å². The number of ether oxygens (including phenoxy) is 3. The Kier molecular flexibility index (Phi) is 25.5. The number of benzene rings is 1. The van der Waals surface area contributed by atoms with Crippen LogP contribution >= 0.6 is 0 Å². The first-order valence-electron chi connectivity index (χ1n) is 17.5. The maximum Gasteiger partial charge on any atom is 0.511 e. The Labute approximate surface area is 257 Å². The predicted molar refractivity (Wildman–Crippen MR) is 174 cm³/mol. The van der Waals surface area contributed by atoms with Crippen molar-refractivity contribution in [3.05, 3.63) is 23.8 Å². The normalized spacial score (nSPS) is 11.4. The van der Waals surface area contributed by atoms with Crippen LogP contribution in [0, 0.1) is 0 Å². The average molecular weight is 593 g/mol. The molecule has 0 spiro atoms. The van der Waals surface area contributed by atoms with Gasteiger partial charge in [0.15, 0.2) is 17.8 Å². The van der Waals surface area contributed by atoms with Crippen LogP contribution in [0.1, 0.15) is 167 Å². The highest BCUT2D eigenvalue weighted by Crippen LogP contribution is 2.31. The Morgan fingerprint density at radius 1 is 0.643 bits per heavy atom. The van der Waals surface area contributed by atoms with Crippen molar-refractivity contribution in [3.63, 3.8) is 0 Å². The summed E-state index contributed by atoms with van der Waals surface area (Å²) in [5.74, 6) is -0.0614. The van der Waals surface area contributed by atoms with Gasteiger partial charge in [-0.1, -0.05) is 142 Å². The van der Waals surface area contributed by atoms with Crippen LogP contribution < -0.4 is 4.74 Å². The van der Waals surface area contributed by atoms with Gasteiger partial charge >= 0.3 is 6.16 Å². The SMILES string of the molecule is CCCCCCCCCCOC(CCCCCCCCc1cccc(OC(=O)O)c1O)OCCCCCCCCCC. The van der Waals surface area contributed by atoms with E-state index in [4.69, 9.17) is 14.6 Å². The molecule has 0 aromatic heterocycles. The van der Waals surface area contributed by atoms with Gasteiger partial charge in [0.2, 0.25) is 0 Å². The number of rotatable bonds is 30.